The Morgan fingerprint density at radius 3 is 2.69 bits per heavy atom. The predicted molar refractivity (Wildman–Crippen MR) is 123 cm³/mol. The smallest absolute Gasteiger partial charge is 0.251 e. The predicted octanol–water partition coefficient (Wildman–Crippen LogP) is 3.30. The van der Waals surface area contributed by atoms with Gasteiger partial charge in [-0.05, 0) is 68.1 Å². The molecule has 2 aliphatic heterocycles. The molecule has 2 saturated heterocycles. The van der Waals surface area contributed by atoms with E-state index in [1.807, 2.05) is 30.9 Å². The Labute approximate surface area is 188 Å². The highest BCUT2D eigenvalue weighted by atomic mass is 16.1. The van der Waals surface area contributed by atoms with E-state index in [-0.39, 0.29) is 5.91 Å². The first-order valence-electron chi connectivity index (χ1n) is 11.8. The van der Waals surface area contributed by atoms with Crippen molar-refractivity contribution in [3.8, 4) is 0 Å². The molecule has 3 aromatic rings. The van der Waals surface area contributed by atoms with Crippen LogP contribution in [0.3, 0.4) is 0 Å². The molecular formula is C25H30N6O. The fraction of sp³-hybridized carbons (Fsp3) is 0.520. The number of carbonyl (C=O) groups is 1. The van der Waals surface area contributed by atoms with E-state index in [9.17, 15) is 4.79 Å². The Bertz CT molecular complexity index is 1200. The molecular weight excluding hydrogens is 400 g/mol. The third kappa shape index (κ3) is 3.22. The van der Waals surface area contributed by atoms with Crippen molar-refractivity contribution in [2.75, 3.05) is 7.05 Å². The average molecular weight is 431 g/mol. The number of fused-ring (bicyclic) bond motifs is 3. The number of aromatic nitrogens is 4. The number of aryl methyl sites for hydroxylation is 2. The van der Waals surface area contributed by atoms with Crippen molar-refractivity contribution in [3.63, 3.8) is 0 Å². The van der Waals surface area contributed by atoms with E-state index in [0.717, 1.165) is 47.4 Å². The third-order valence-corrected chi connectivity index (χ3v) is 7.76. The monoisotopic (exact) mass is 430 g/mol. The molecule has 0 radical (unpaired) electrons. The Morgan fingerprint density at radius 1 is 1.16 bits per heavy atom. The second-order valence-electron chi connectivity index (χ2n) is 9.84. The van der Waals surface area contributed by atoms with Crippen molar-refractivity contribution in [2.24, 2.45) is 7.05 Å². The van der Waals surface area contributed by atoms with Crippen LogP contribution < -0.4 is 10.6 Å². The molecule has 4 heterocycles. The molecule has 166 valence electrons. The number of amides is 1. The summed E-state index contributed by atoms with van der Waals surface area (Å²) in [5, 5.41) is 12.4. The molecule has 3 unspecified atom stereocenters. The first kappa shape index (κ1) is 19.9. The quantitative estimate of drug-likeness (QED) is 0.663. The summed E-state index contributed by atoms with van der Waals surface area (Å²) in [6.07, 6.45) is 7.76. The van der Waals surface area contributed by atoms with Crippen LogP contribution in [0.2, 0.25) is 0 Å². The molecule has 1 saturated carbocycles. The van der Waals surface area contributed by atoms with Gasteiger partial charge >= 0.3 is 0 Å². The van der Waals surface area contributed by atoms with Gasteiger partial charge in [0.1, 0.15) is 5.82 Å². The lowest BCUT2D eigenvalue weighted by atomic mass is 9.82. The summed E-state index contributed by atoms with van der Waals surface area (Å²) in [5.74, 6) is 2.06. The number of carbonyl (C=O) groups excluding carboxylic acids is 1. The Balaban J connectivity index is 1.33. The lowest BCUT2D eigenvalue weighted by Gasteiger charge is -2.30. The summed E-state index contributed by atoms with van der Waals surface area (Å²) in [5.41, 5.74) is 5.40. The molecule has 2 N–H and O–H groups in total. The third-order valence-electron chi connectivity index (χ3n) is 7.76. The Hall–Kier alpha value is -2.80. The van der Waals surface area contributed by atoms with Crippen LogP contribution in [0.1, 0.15) is 82.9 Å². The van der Waals surface area contributed by atoms with Gasteiger partial charge in [-0.2, -0.15) is 5.10 Å². The van der Waals surface area contributed by atoms with E-state index in [1.165, 1.54) is 24.0 Å². The highest BCUT2D eigenvalue weighted by molar-refractivity contribution is 5.95. The number of nitrogens with zero attached hydrogens (tertiary/aromatic N) is 4. The van der Waals surface area contributed by atoms with Crippen LogP contribution in [0.5, 0.6) is 0 Å². The molecule has 1 aliphatic carbocycles. The van der Waals surface area contributed by atoms with Crippen molar-refractivity contribution in [1.29, 1.82) is 0 Å². The molecule has 32 heavy (non-hydrogen) atoms. The van der Waals surface area contributed by atoms with Crippen LogP contribution in [0, 0.1) is 6.92 Å². The maximum atomic E-state index is 12.7. The Morgan fingerprint density at radius 2 is 1.94 bits per heavy atom. The van der Waals surface area contributed by atoms with Crippen molar-refractivity contribution in [1.82, 2.24) is 30.4 Å². The van der Waals surface area contributed by atoms with Crippen LogP contribution >= 0.6 is 0 Å². The number of piperidine rings is 1. The van der Waals surface area contributed by atoms with Gasteiger partial charge in [-0.3, -0.25) is 9.48 Å². The van der Waals surface area contributed by atoms with Gasteiger partial charge in [0.2, 0.25) is 0 Å². The van der Waals surface area contributed by atoms with Crippen molar-refractivity contribution < 1.29 is 4.79 Å². The lowest BCUT2D eigenvalue weighted by molar-refractivity contribution is 0.0961. The normalized spacial score (nSPS) is 28.8. The van der Waals surface area contributed by atoms with Crippen molar-refractivity contribution in [3.05, 3.63) is 52.6 Å². The minimum absolute atomic E-state index is 0.0213. The highest BCUT2D eigenvalue weighted by Crippen LogP contribution is 2.56. The molecule has 2 bridgehead atoms. The zero-order valence-corrected chi connectivity index (χ0v) is 18.9. The molecule has 5 atom stereocenters. The first-order chi connectivity index (χ1) is 15.5. The van der Waals surface area contributed by atoms with E-state index >= 15 is 0 Å². The highest BCUT2D eigenvalue weighted by Gasteiger charge is 2.43. The van der Waals surface area contributed by atoms with Gasteiger partial charge in [-0.1, -0.05) is 12.1 Å². The number of hydrogen-bond acceptors (Lipinski definition) is 5. The van der Waals surface area contributed by atoms with E-state index in [0.29, 0.717) is 29.8 Å². The molecule has 1 amide bonds. The molecule has 2 aromatic heterocycles. The fourth-order valence-corrected chi connectivity index (χ4v) is 6.09. The van der Waals surface area contributed by atoms with Crippen LogP contribution in [0.4, 0.5) is 0 Å². The standard InChI is InChI=1S/C25H30N6O/c1-13-27-12-22-23(30-31(3)24(22)28-13)21-11-20(21)14-4-7-18(25(32)26-2)19(10-14)15-8-16-5-6-17(9-15)29-16/h4,7,10,12,15-17,20-21,29H,5-6,8-9,11H2,1-3H3,(H,26,32)/t15?,16-,17+,20?,21?. The number of benzene rings is 1. The zero-order valence-electron chi connectivity index (χ0n) is 18.9. The van der Waals surface area contributed by atoms with Gasteiger partial charge in [0.05, 0.1) is 11.1 Å². The van der Waals surface area contributed by atoms with Crippen LogP contribution in [-0.2, 0) is 7.05 Å². The van der Waals surface area contributed by atoms with Gasteiger partial charge in [0.25, 0.3) is 5.91 Å². The van der Waals surface area contributed by atoms with Crippen molar-refractivity contribution >= 4 is 16.9 Å². The van der Waals surface area contributed by atoms with Gasteiger partial charge in [0.15, 0.2) is 5.65 Å². The molecule has 6 rings (SSSR count). The number of rotatable bonds is 4. The van der Waals surface area contributed by atoms with Crippen LogP contribution in [-0.4, -0.2) is 44.8 Å². The second kappa shape index (κ2) is 7.37. The Kier molecular flexibility index (Phi) is 4.57. The van der Waals surface area contributed by atoms with E-state index < -0.39 is 0 Å². The fourth-order valence-electron chi connectivity index (χ4n) is 6.09. The largest absolute Gasteiger partial charge is 0.355 e. The van der Waals surface area contributed by atoms with Gasteiger partial charge < -0.3 is 10.6 Å². The minimum Gasteiger partial charge on any atom is -0.355 e. The van der Waals surface area contributed by atoms with Crippen LogP contribution in [0.25, 0.3) is 11.0 Å². The molecule has 3 aliphatic rings. The molecule has 7 heteroatoms. The molecule has 1 aromatic carbocycles. The van der Waals surface area contributed by atoms with Gasteiger partial charge in [0, 0.05) is 43.9 Å². The molecule has 0 spiro atoms. The van der Waals surface area contributed by atoms with Crippen LogP contribution in [0.15, 0.2) is 24.4 Å². The average Bonchev–Trinajstić information content (AvgIpc) is 3.44. The number of hydrogen-bond donors (Lipinski definition) is 2. The zero-order chi connectivity index (χ0) is 22.0. The van der Waals surface area contributed by atoms with Crippen molar-refractivity contribution in [2.45, 2.75) is 68.9 Å². The topological polar surface area (TPSA) is 84.7 Å². The maximum absolute atomic E-state index is 12.7. The molecule has 7 nitrogen and oxygen atoms in total. The summed E-state index contributed by atoms with van der Waals surface area (Å²) in [4.78, 5) is 21.7. The van der Waals surface area contributed by atoms with Gasteiger partial charge in [-0.25, -0.2) is 9.97 Å². The lowest BCUT2D eigenvalue weighted by Crippen LogP contribution is -2.37. The summed E-state index contributed by atoms with van der Waals surface area (Å²) in [6.45, 7) is 1.91. The van der Waals surface area contributed by atoms with Gasteiger partial charge in [-0.15, -0.1) is 0 Å². The summed E-state index contributed by atoms with van der Waals surface area (Å²) in [7, 11) is 3.68. The maximum Gasteiger partial charge on any atom is 0.251 e. The summed E-state index contributed by atoms with van der Waals surface area (Å²) in [6, 6.07) is 7.72. The number of nitrogens with one attached hydrogen (secondary N) is 2. The molecule has 3 fully saturated rings. The first-order valence-corrected chi connectivity index (χ1v) is 11.8. The van der Waals surface area contributed by atoms with E-state index in [4.69, 9.17) is 5.10 Å². The summed E-state index contributed by atoms with van der Waals surface area (Å²) < 4.78 is 1.87. The van der Waals surface area contributed by atoms with E-state index in [1.54, 1.807) is 7.05 Å². The SMILES string of the molecule is CNC(=O)c1ccc(C2CC2c2nn(C)c3nc(C)ncc23)cc1C1C[C@H]2CC[C@@H](C1)N2. The van der Waals surface area contributed by atoms with E-state index in [2.05, 4.69) is 32.7 Å². The summed E-state index contributed by atoms with van der Waals surface area (Å²) >= 11 is 0. The second-order valence-corrected chi connectivity index (χ2v) is 9.84. The minimum atomic E-state index is 0.0213.